The summed E-state index contributed by atoms with van der Waals surface area (Å²) in [4.78, 5) is 10.9. The maximum Gasteiger partial charge on any atom is 0.160 e. The number of hydrogen-bond acceptors (Lipinski definition) is 7. The molecule has 0 saturated carbocycles. The minimum atomic E-state index is 0.344. The Morgan fingerprint density at radius 3 is 2.57 bits per heavy atom. The van der Waals surface area contributed by atoms with Crippen LogP contribution in [0.1, 0.15) is 0 Å². The Balaban J connectivity index is 1.61. The smallest absolute Gasteiger partial charge is 0.160 e. The van der Waals surface area contributed by atoms with Crippen LogP contribution in [0.15, 0.2) is 24.7 Å². The number of nitrogens with zero attached hydrogens (tertiary/aromatic N) is 3. The molecule has 0 radical (unpaired) electrons. The molecule has 2 fully saturated rings. The largest absolute Gasteiger partial charge is 0.493 e. The van der Waals surface area contributed by atoms with Gasteiger partial charge in [-0.2, -0.15) is 0 Å². The molecule has 2 aliphatic heterocycles. The number of hydrogen-bond donors (Lipinski definition) is 2. The van der Waals surface area contributed by atoms with Gasteiger partial charge < -0.3 is 25.8 Å². The van der Waals surface area contributed by atoms with Crippen LogP contribution in [0.25, 0.3) is 11.1 Å². The van der Waals surface area contributed by atoms with Crippen molar-refractivity contribution in [2.24, 2.45) is 5.41 Å². The first-order valence-corrected chi connectivity index (χ1v) is 7.48. The summed E-state index contributed by atoms with van der Waals surface area (Å²) in [7, 11) is 1.56. The van der Waals surface area contributed by atoms with E-state index in [1.165, 1.54) is 0 Å². The Morgan fingerprint density at radius 2 is 1.96 bits per heavy atom. The van der Waals surface area contributed by atoms with Gasteiger partial charge in [0.1, 0.15) is 5.82 Å². The van der Waals surface area contributed by atoms with Gasteiger partial charge >= 0.3 is 0 Å². The summed E-state index contributed by atoms with van der Waals surface area (Å²) in [5.41, 5.74) is 15.3. The van der Waals surface area contributed by atoms with Crippen molar-refractivity contribution in [3.63, 3.8) is 0 Å². The molecule has 1 spiro atoms. The molecule has 7 heteroatoms. The van der Waals surface area contributed by atoms with E-state index in [2.05, 4.69) is 14.9 Å². The molecule has 2 aromatic heterocycles. The van der Waals surface area contributed by atoms with Gasteiger partial charge in [0.05, 0.1) is 37.6 Å². The van der Waals surface area contributed by atoms with E-state index in [9.17, 15) is 0 Å². The molecule has 0 aliphatic carbocycles. The van der Waals surface area contributed by atoms with E-state index in [-0.39, 0.29) is 0 Å². The van der Waals surface area contributed by atoms with Gasteiger partial charge in [0.25, 0.3) is 0 Å². The molecule has 2 aromatic rings. The molecule has 120 valence electrons. The summed E-state index contributed by atoms with van der Waals surface area (Å²) >= 11 is 0. The zero-order chi connectivity index (χ0) is 16.0. The van der Waals surface area contributed by atoms with Gasteiger partial charge in [-0.15, -0.1) is 0 Å². The first-order valence-electron chi connectivity index (χ1n) is 7.48. The minimum Gasteiger partial charge on any atom is -0.493 e. The summed E-state index contributed by atoms with van der Waals surface area (Å²) < 4.78 is 10.5. The van der Waals surface area contributed by atoms with Crippen LogP contribution in [0.5, 0.6) is 5.75 Å². The summed E-state index contributed by atoms with van der Waals surface area (Å²) in [6.45, 7) is 3.65. The molecule has 4 rings (SSSR count). The van der Waals surface area contributed by atoms with Gasteiger partial charge in [-0.1, -0.05) is 0 Å². The highest BCUT2D eigenvalue weighted by Crippen LogP contribution is 2.41. The Bertz CT molecular complexity index is 752. The lowest BCUT2D eigenvalue weighted by Crippen LogP contribution is -2.66. The third kappa shape index (κ3) is 2.16. The summed E-state index contributed by atoms with van der Waals surface area (Å²) in [6, 6.07) is 1.89. The predicted molar refractivity (Wildman–Crippen MR) is 88.3 cm³/mol. The van der Waals surface area contributed by atoms with E-state index in [1.807, 2.05) is 6.07 Å². The molecule has 7 nitrogen and oxygen atoms in total. The second kappa shape index (κ2) is 4.99. The summed E-state index contributed by atoms with van der Waals surface area (Å²) in [6.07, 6.45) is 5.01. The molecule has 0 bridgehead atoms. The SMILES string of the molecule is COc1cncc(-c2cnc(N3CC4(COC4)C3)cc2N)c1N. The average Bonchev–Trinajstić information content (AvgIpc) is 2.45. The molecule has 4 N–H and O–H groups in total. The highest BCUT2D eigenvalue weighted by atomic mass is 16.5. The number of rotatable bonds is 3. The number of ether oxygens (including phenoxy) is 2. The Labute approximate surface area is 134 Å². The number of nitrogens with two attached hydrogens (primary N) is 2. The second-order valence-corrected chi connectivity index (χ2v) is 6.28. The number of pyridine rings is 2. The molecular formula is C16H19N5O2. The van der Waals surface area contributed by atoms with Gasteiger partial charge in [0.15, 0.2) is 5.75 Å². The van der Waals surface area contributed by atoms with Gasteiger partial charge in [0, 0.05) is 48.4 Å². The van der Waals surface area contributed by atoms with E-state index < -0.39 is 0 Å². The number of anilines is 3. The van der Waals surface area contributed by atoms with E-state index in [0.717, 1.165) is 43.2 Å². The van der Waals surface area contributed by atoms with Crippen molar-refractivity contribution in [1.82, 2.24) is 9.97 Å². The van der Waals surface area contributed by atoms with Crippen molar-refractivity contribution in [2.75, 3.05) is 49.8 Å². The topological polar surface area (TPSA) is 99.5 Å². The van der Waals surface area contributed by atoms with Crippen LogP contribution in [0, 0.1) is 5.41 Å². The Hall–Kier alpha value is -2.54. The van der Waals surface area contributed by atoms with Gasteiger partial charge in [0.2, 0.25) is 0 Å². The number of nitrogen functional groups attached to an aromatic ring is 2. The second-order valence-electron chi connectivity index (χ2n) is 6.28. The normalized spacial score (nSPS) is 18.4. The molecule has 0 unspecified atom stereocenters. The lowest BCUT2D eigenvalue weighted by Gasteiger charge is -2.55. The number of methoxy groups -OCH3 is 1. The highest BCUT2D eigenvalue weighted by molar-refractivity contribution is 5.86. The van der Waals surface area contributed by atoms with E-state index in [1.54, 1.807) is 25.7 Å². The fourth-order valence-electron chi connectivity index (χ4n) is 3.18. The van der Waals surface area contributed by atoms with Crippen LogP contribution in [0.2, 0.25) is 0 Å². The average molecular weight is 313 g/mol. The van der Waals surface area contributed by atoms with Crippen LogP contribution in [0.4, 0.5) is 17.2 Å². The molecule has 0 atom stereocenters. The fourth-order valence-corrected chi connectivity index (χ4v) is 3.18. The standard InChI is InChI=1S/C16H19N5O2/c1-22-13-5-19-3-11(15(13)18)10-4-20-14(2-12(10)17)21-6-16(7-21)8-23-9-16/h2-5H,6-9H2,1H3,(H2,17,20)(H2,18,19). The van der Waals surface area contributed by atoms with Crippen LogP contribution in [-0.4, -0.2) is 43.4 Å². The first kappa shape index (κ1) is 14.1. The van der Waals surface area contributed by atoms with E-state index in [4.69, 9.17) is 20.9 Å². The molecule has 2 saturated heterocycles. The Morgan fingerprint density at radius 1 is 1.17 bits per heavy atom. The van der Waals surface area contributed by atoms with E-state index >= 15 is 0 Å². The van der Waals surface area contributed by atoms with Crippen LogP contribution in [0.3, 0.4) is 0 Å². The fraction of sp³-hybridized carbons (Fsp3) is 0.375. The molecule has 4 heterocycles. The van der Waals surface area contributed by atoms with Crippen LogP contribution >= 0.6 is 0 Å². The van der Waals surface area contributed by atoms with Crippen molar-refractivity contribution in [3.05, 3.63) is 24.7 Å². The molecular weight excluding hydrogens is 294 g/mol. The maximum atomic E-state index is 6.23. The zero-order valence-corrected chi connectivity index (χ0v) is 13.0. The first-order chi connectivity index (χ1) is 11.1. The van der Waals surface area contributed by atoms with Crippen molar-refractivity contribution < 1.29 is 9.47 Å². The molecule has 0 aromatic carbocycles. The van der Waals surface area contributed by atoms with Crippen molar-refractivity contribution >= 4 is 17.2 Å². The summed E-state index contributed by atoms with van der Waals surface area (Å²) in [5, 5.41) is 0. The Kier molecular flexibility index (Phi) is 3.05. The van der Waals surface area contributed by atoms with Crippen LogP contribution in [-0.2, 0) is 4.74 Å². The molecule has 2 aliphatic rings. The molecule has 23 heavy (non-hydrogen) atoms. The van der Waals surface area contributed by atoms with E-state index in [0.29, 0.717) is 22.5 Å². The zero-order valence-electron chi connectivity index (χ0n) is 13.0. The third-order valence-electron chi connectivity index (χ3n) is 4.58. The van der Waals surface area contributed by atoms with Crippen molar-refractivity contribution in [1.29, 1.82) is 0 Å². The third-order valence-corrected chi connectivity index (χ3v) is 4.58. The van der Waals surface area contributed by atoms with Gasteiger partial charge in [-0.3, -0.25) is 4.98 Å². The van der Waals surface area contributed by atoms with Gasteiger partial charge in [-0.25, -0.2) is 4.98 Å². The minimum absolute atomic E-state index is 0.344. The summed E-state index contributed by atoms with van der Waals surface area (Å²) in [5.74, 6) is 1.42. The monoisotopic (exact) mass is 313 g/mol. The quantitative estimate of drug-likeness (QED) is 0.877. The lowest BCUT2D eigenvalue weighted by atomic mass is 9.78. The van der Waals surface area contributed by atoms with Crippen molar-refractivity contribution in [3.8, 4) is 16.9 Å². The lowest BCUT2D eigenvalue weighted by molar-refractivity contribution is -0.127. The maximum absolute atomic E-state index is 6.23. The van der Waals surface area contributed by atoms with Crippen LogP contribution < -0.4 is 21.1 Å². The number of aromatic nitrogens is 2. The van der Waals surface area contributed by atoms with Crippen molar-refractivity contribution in [2.45, 2.75) is 0 Å². The molecule has 0 amide bonds. The predicted octanol–water partition coefficient (Wildman–Crippen LogP) is 1.15. The van der Waals surface area contributed by atoms with Gasteiger partial charge in [-0.05, 0) is 0 Å². The highest BCUT2D eigenvalue weighted by Gasteiger charge is 2.49.